The van der Waals surface area contributed by atoms with E-state index in [0.717, 1.165) is 28.8 Å². The van der Waals surface area contributed by atoms with E-state index in [0.29, 0.717) is 28.7 Å². The lowest BCUT2D eigenvalue weighted by atomic mass is 10.1. The SMILES string of the molecule is COc1ccc(OCCOc2ccc(/C=C3/C(=N)N4N=C(S(C)(=O)=O)SC4=NC3=O)cc2Cl)cc1. The quantitative estimate of drug-likeness (QED) is 0.422. The number of rotatable bonds is 7. The van der Waals surface area contributed by atoms with Crippen LogP contribution in [0.5, 0.6) is 17.2 Å². The number of amides is 1. The maximum absolute atomic E-state index is 12.5. The van der Waals surface area contributed by atoms with Crippen LogP contribution in [0.1, 0.15) is 5.56 Å². The van der Waals surface area contributed by atoms with Gasteiger partial charge in [0, 0.05) is 6.26 Å². The number of sulfone groups is 1. The molecule has 0 fully saturated rings. The van der Waals surface area contributed by atoms with Gasteiger partial charge in [-0.1, -0.05) is 17.7 Å². The molecule has 0 spiro atoms. The number of thioether (sulfide) groups is 1. The largest absolute Gasteiger partial charge is 0.497 e. The number of fused-ring (bicyclic) bond motifs is 1. The number of benzene rings is 2. The van der Waals surface area contributed by atoms with Gasteiger partial charge < -0.3 is 14.2 Å². The van der Waals surface area contributed by atoms with Crippen LogP contribution in [0.2, 0.25) is 5.02 Å². The molecule has 2 aliphatic heterocycles. The van der Waals surface area contributed by atoms with Crippen molar-refractivity contribution in [1.82, 2.24) is 5.01 Å². The van der Waals surface area contributed by atoms with Gasteiger partial charge in [0.15, 0.2) is 5.84 Å². The first-order valence-electron chi connectivity index (χ1n) is 10.0. The number of carbonyl (C=O) groups excluding carboxylic acids is 1. The minimum absolute atomic E-state index is 0.0243. The molecule has 0 bridgehead atoms. The molecule has 0 aromatic heterocycles. The number of aliphatic imine (C=N–C) groups is 1. The maximum atomic E-state index is 12.5. The Morgan fingerprint density at radius 2 is 1.80 bits per heavy atom. The minimum atomic E-state index is -3.60. The smallest absolute Gasteiger partial charge is 0.283 e. The van der Waals surface area contributed by atoms with Gasteiger partial charge in [-0.15, -0.1) is 5.10 Å². The minimum Gasteiger partial charge on any atom is -0.497 e. The molecule has 0 radical (unpaired) electrons. The Kier molecular flexibility index (Phi) is 7.15. The van der Waals surface area contributed by atoms with Crippen molar-refractivity contribution in [2.45, 2.75) is 0 Å². The zero-order valence-electron chi connectivity index (χ0n) is 18.5. The van der Waals surface area contributed by atoms with Crippen molar-refractivity contribution in [3.05, 3.63) is 58.6 Å². The molecule has 2 aromatic rings. The molecule has 0 aliphatic carbocycles. The van der Waals surface area contributed by atoms with Gasteiger partial charge in [-0.3, -0.25) is 10.2 Å². The number of halogens is 1. The molecule has 1 amide bonds. The zero-order chi connectivity index (χ0) is 25.2. The van der Waals surface area contributed by atoms with Gasteiger partial charge >= 0.3 is 0 Å². The number of carbonyl (C=O) groups is 1. The Morgan fingerprint density at radius 3 is 2.46 bits per heavy atom. The monoisotopic (exact) mass is 534 g/mol. The van der Waals surface area contributed by atoms with Crippen LogP contribution in [-0.4, -0.2) is 61.3 Å². The van der Waals surface area contributed by atoms with E-state index in [-0.39, 0.29) is 27.6 Å². The average molecular weight is 535 g/mol. The second-order valence-electron chi connectivity index (χ2n) is 7.22. The lowest BCUT2D eigenvalue weighted by Gasteiger charge is -2.20. The summed E-state index contributed by atoms with van der Waals surface area (Å²) in [5.41, 5.74) is 0.480. The first-order valence-corrected chi connectivity index (χ1v) is 13.1. The Bertz CT molecular complexity index is 1390. The van der Waals surface area contributed by atoms with Crippen molar-refractivity contribution in [1.29, 1.82) is 5.41 Å². The predicted molar refractivity (Wildman–Crippen MR) is 135 cm³/mol. The van der Waals surface area contributed by atoms with E-state index < -0.39 is 15.7 Å². The van der Waals surface area contributed by atoms with E-state index in [4.69, 9.17) is 31.2 Å². The predicted octanol–water partition coefficient (Wildman–Crippen LogP) is 3.43. The van der Waals surface area contributed by atoms with Gasteiger partial charge in [0.2, 0.25) is 19.4 Å². The Labute approximate surface area is 210 Å². The van der Waals surface area contributed by atoms with E-state index in [1.165, 1.54) is 6.08 Å². The fourth-order valence-electron chi connectivity index (χ4n) is 3.00. The van der Waals surface area contributed by atoms with Gasteiger partial charge in [0.05, 0.1) is 17.7 Å². The number of nitrogens with zero attached hydrogens (tertiary/aromatic N) is 3. The summed E-state index contributed by atoms with van der Waals surface area (Å²) in [5.74, 6) is 0.885. The Hall–Kier alpha value is -3.35. The van der Waals surface area contributed by atoms with Crippen molar-refractivity contribution in [3.8, 4) is 17.2 Å². The average Bonchev–Trinajstić information content (AvgIpc) is 3.26. The molecule has 35 heavy (non-hydrogen) atoms. The molecule has 2 aromatic carbocycles. The fourth-order valence-corrected chi connectivity index (χ4v) is 4.93. The summed E-state index contributed by atoms with van der Waals surface area (Å²) in [6.45, 7) is 0.546. The molecule has 4 rings (SSSR count). The molecule has 1 N–H and O–H groups in total. The van der Waals surface area contributed by atoms with Crippen LogP contribution in [-0.2, 0) is 14.6 Å². The zero-order valence-corrected chi connectivity index (χ0v) is 20.9. The summed E-state index contributed by atoms with van der Waals surface area (Å²) in [7, 11) is -2.01. The third kappa shape index (κ3) is 5.66. The van der Waals surface area contributed by atoms with Gasteiger partial charge in [0.25, 0.3) is 5.91 Å². The van der Waals surface area contributed by atoms with Crippen molar-refractivity contribution in [2.75, 3.05) is 26.6 Å². The van der Waals surface area contributed by atoms with Crippen LogP contribution in [0.15, 0.2) is 58.1 Å². The first kappa shape index (κ1) is 24.8. The topological polar surface area (TPSA) is 131 Å². The van der Waals surface area contributed by atoms with Crippen LogP contribution >= 0.6 is 23.4 Å². The highest BCUT2D eigenvalue weighted by Crippen LogP contribution is 2.31. The van der Waals surface area contributed by atoms with E-state index in [9.17, 15) is 13.2 Å². The van der Waals surface area contributed by atoms with Gasteiger partial charge in [-0.05, 0) is 59.8 Å². The molecule has 13 heteroatoms. The van der Waals surface area contributed by atoms with E-state index in [1.54, 1.807) is 49.6 Å². The van der Waals surface area contributed by atoms with E-state index in [1.807, 2.05) is 0 Å². The maximum Gasteiger partial charge on any atom is 0.283 e. The van der Waals surface area contributed by atoms with Crippen LogP contribution in [0, 0.1) is 5.41 Å². The lowest BCUT2D eigenvalue weighted by Crippen LogP contribution is -2.35. The Morgan fingerprint density at radius 1 is 1.11 bits per heavy atom. The van der Waals surface area contributed by atoms with Crippen molar-refractivity contribution in [2.24, 2.45) is 10.1 Å². The number of hydrogen-bond donors (Lipinski definition) is 1. The number of ether oxygens (including phenoxy) is 3. The summed E-state index contributed by atoms with van der Waals surface area (Å²) in [5, 5.41) is 13.6. The molecule has 0 saturated carbocycles. The number of hydrazone groups is 1. The van der Waals surface area contributed by atoms with Gasteiger partial charge in [-0.2, -0.15) is 10.0 Å². The summed E-state index contributed by atoms with van der Waals surface area (Å²) in [6.07, 6.45) is 2.43. The van der Waals surface area contributed by atoms with Crippen LogP contribution < -0.4 is 14.2 Å². The van der Waals surface area contributed by atoms with Crippen LogP contribution in [0.25, 0.3) is 6.08 Å². The molecule has 182 valence electrons. The van der Waals surface area contributed by atoms with Gasteiger partial charge in [-0.25, -0.2) is 8.42 Å². The lowest BCUT2D eigenvalue weighted by molar-refractivity contribution is -0.114. The summed E-state index contributed by atoms with van der Waals surface area (Å²) < 4.78 is 39.7. The Balaban J connectivity index is 1.41. The van der Waals surface area contributed by atoms with E-state index >= 15 is 0 Å². The van der Waals surface area contributed by atoms with Crippen molar-refractivity contribution in [3.63, 3.8) is 0 Å². The first-order chi connectivity index (χ1) is 16.7. The number of methoxy groups -OCH3 is 1. The molecule has 0 atom stereocenters. The second kappa shape index (κ2) is 10.1. The molecule has 0 saturated heterocycles. The van der Waals surface area contributed by atoms with Crippen LogP contribution in [0.4, 0.5) is 0 Å². The summed E-state index contributed by atoms with van der Waals surface area (Å²) in [4.78, 5) is 16.3. The molecule has 0 unspecified atom stereocenters. The number of hydrogen-bond acceptors (Lipinski definition) is 9. The highest BCUT2D eigenvalue weighted by atomic mass is 35.5. The second-order valence-corrected chi connectivity index (χ2v) is 10.8. The molecule has 10 nitrogen and oxygen atoms in total. The molecular weight excluding hydrogens is 516 g/mol. The number of nitrogens with one attached hydrogen (secondary N) is 1. The fraction of sp³-hybridized carbons (Fsp3) is 0.182. The highest BCUT2D eigenvalue weighted by Gasteiger charge is 2.38. The third-order valence-corrected chi connectivity index (χ3v) is 7.56. The van der Waals surface area contributed by atoms with Gasteiger partial charge in [0.1, 0.15) is 30.5 Å². The summed E-state index contributed by atoms with van der Waals surface area (Å²) in [6, 6.07) is 12.1. The van der Waals surface area contributed by atoms with E-state index in [2.05, 4.69) is 10.1 Å². The third-order valence-electron chi connectivity index (χ3n) is 4.69. The normalized spacial score (nSPS) is 16.7. The molecule has 2 aliphatic rings. The number of amidine groups is 2. The summed E-state index contributed by atoms with van der Waals surface area (Å²) >= 11 is 7.06. The standard InChI is InChI=1S/C22H19ClN4O6S2/c1-31-14-4-6-15(7-5-14)32-9-10-33-18-8-3-13(12-17(18)23)11-16-19(24)27-21(25-20(16)28)34-22(26-27)35(2,29)30/h3-8,11-12,24H,9-10H2,1-2H3/b16-11-,24-19?. The van der Waals surface area contributed by atoms with Crippen molar-refractivity contribution < 1.29 is 27.4 Å². The van der Waals surface area contributed by atoms with Crippen molar-refractivity contribution >= 4 is 60.6 Å². The molecular formula is C22H19ClN4O6S2. The highest BCUT2D eigenvalue weighted by molar-refractivity contribution is 8.42. The molecule has 2 heterocycles. The van der Waals surface area contributed by atoms with Crippen LogP contribution in [0.3, 0.4) is 0 Å².